The number of hydrogen-bond acceptors (Lipinski definition) is 5. The van der Waals surface area contributed by atoms with E-state index in [2.05, 4.69) is 0 Å². The van der Waals surface area contributed by atoms with Crippen LogP contribution in [-0.4, -0.2) is 56.9 Å². The predicted octanol–water partition coefficient (Wildman–Crippen LogP) is 2.18. The van der Waals surface area contributed by atoms with Crippen molar-refractivity contribution in [3.63, 3.8) is 0 Å². The van der Waals surface area contributed by atoms with Crippen molar-refractivity contribution in [3.8, 4) is 0 Å². The van der Waals surface area contributed by atoms with E-state index in [-0.39, 0.29) is 41.1 Å². The van der Waals surface area contributed by atoms with E-state index >= 15 is 0 Å². The second-order valence-corrected chi connectivity index (χ2v) is 8.74. The van der Waals surface area contributed by atoms with E-state index < -0.39 is 10.0 Å². The van der Waals surface area contributed by atoms with Crippen LogP contribution in [0.1, 0.15) is 15.2 Å². The lowest BCUT2D eigenvalue weighted by atomic mass is 10.2. The summed E-state index contributed by atoms with van der Waals surface area (Å²) < 4.78 is 45.3. The van der Waals surface area contributed by atoms with Crippen LogP contribution < -0.4 is 0 Å². The first-order valence-corrected chi connectivity index (χ1v) is 10.4. The van der Waals surface area contributed by atoms with Crippen LogP contribution >= 0.6 is 11.3 Å². The molecule has 9 heteroatoms. The van der Waals surface area contributed by atoms with Crippen molar-refractivity contribution in [3.05, 3.63) is 52.0 Å². The lowest BCUT2D eigenvalue weighted by Gasteiger charge is -2.26. The maximum atomic E-state index is 13.0. The smallest absolute Gasteiger partial charge is 0.265 e. The van der Waals surface area contributed by atoms with Gasteiger partial charge in [-0.3, -0.25) is 4.79 Å². The van der Waals surface area contributed by atoms with Gasteiger partial charge in [0.05, 0.1) is 13.2 Å². The molecule has 1 aromatic heterocycles. The van der Waals surface area contributed by atoms with E-state index in [0.717, 1.165) is 16.9 Å². The van der Waals surface area contributed by atoms with Gasteiger partial charge >= 0.3 is 0 Å². The van der Waals surface area contributed by atoms with Gasteiger partial charge in [0.15, 0.2) is 0 Å². The van der Waals surface area contributed by atoms with Gasteiger partial charge < -0.3 is 9.64 Å². The monoisotopic (exact) mass is 398 g/mol. The van der Waals surface area contributed by atoms with Gasteiger partial charge in [0.25, 0.3) is 5.91 Å². The summed E-state index contributed by atoms with van der Waals surface area (Å²) in [6, 6.07) is 7.31. The number of halogens is 1. The lowest BCUT2D eigenvalue weighted by molar-refractivity contribution is 0.0728. The highest BCUT2D eigenvalue weighted by molar-refractivity contribution is 7.89. The molecule has 6 nitrogen and oxygen atoms in total. The summed E-state index contributed by atoms with van der Waals surface area (Å²) >= 11 is 1.10. The lowest BCUT2D eigenvalue weighted by Crippen LogP contribution is -2.41. The molecule has 0 bridgehead atoms. The summed E-state index contributed by atoms with van der Waals surface area (Å²) in [5.41, 5.74) is 0.761. The largest absolute Gasteiger partial charge is 0.379 e. The van der Waals surface area contributed by atoms with Crippen molar-refractivity contribution in [1.82, 2.24) is 9.21 Å². The fraction of sp³-hybridized carbons (Fsp3) is 0.353. The Kier molecular flexibility index (Phi) is 5.71. The first kappa shape index (κ1) is 19.0. The van der Waals surface area contributed by atoms with Crippen molar-refractivity contribution in [2.75, 3.05) is 33.4 Å². The summed E-state index contributed by atoms with van der Waals surface area (Å²) in [7, 11) is -2.15. The predicted molar refractivity (Wildman–Crippen MR) is 96.1 cm³/mol. The summed E-state index contributed by atoms with van der Waals surface area (Å²) in [4.78, 5) is 14.4. The first-order chi connectivity index (χ1) is 12.4. The number of sulfonamides is 1. The van der Waals surface area contributed by atoms with Crippen LogP contribution in [0, 0.1) is 5.82 Å². The van der Waals surface area contributed by atoms with Crippen LogP contribution in [-0.2, 0) is 21.3 Å². The van der Waals surface area contributed by atoms with Crippen molar-refractivity contribution in [2.24, 2.45) is 0 Å². The number of benzene rings is 1. The fourth-order valence-corrected chi connectivity index (χ4v) is 5.49. The van der Waals surface area contributed by atoms with Gasteiger partial charge in [0.1, 0.15) is 15.6 Å². The number of rotatable bonds is 5. The number of hydrogen-bond donors (Lipinski definition) is 0. The molecule has 26 heavy (non-hydrogen) atoms. The van der Waals surface area contributed by atoms with Crippen molar-refractivity contribution < 1.29 is 22.3 Å². The van der Waals surface area contributed by atoms with Crippen LogP contribution in [0.4, 0.5) is 4.39 Å². The van der Waals surface area contributed by atoms with E-state index in [9.17, 15) is 17.6 Å². The van der Waals surface area contributed by atoms with Gasteiger partial charge in [-0.1, -0.05) is 12.1 Å². The molecule has 2 heterocycles. The first-order valence-electron chi connectivity index (χ1n) is 8.05. The second-order valence-electron chi connectivity index (χ2n) is 5.92. The number of carbonyl (C=O) groups excluding carboxylic acids is 1. The Morgan fingerprint density at radius 2 is 1.88 bits per heavy atom. The third-order valence-electron chi connectivity index (χ3n) is 4.09. The van der Waals surface area contributed by atoms with E-state index in [1.165, 1.54) is 27.4 Å². The molecule has 1 fully saturated rings. The molecule has 2 aromatic rings. The molecule has 0 radical (unpaired) electrons. The zero-order chi connectivity index (χ0) is 18.7. The molecule has 0 unspecified atom stereocenters. The Balaban J connectivity index is 1.80. The number of carbonyl (C=O) groups is 1. The molecule has 0 saturated carbocycles. The highest BCUT2D eigenvalue weighted by atomic mass is 32.2. The Hall–Kier alpha value is -1.81. The Labute approximate surface area is 155 Å². The van der Waals surface area contributed by atoms with E-state index in [1.54, 1.807) is 24.6 Å². The summed E-state index contributed by atoms with van der Waals surface area (Å²) in [5.74, 6) is -0.726. The number of nitrogens with zero attached hydrogens (tertiary/aromatic N) is 2. The minimum absolute atomic E-state index is 0.0281. The molecule has 0 spiro atoms. The molecule has 3 rings (SSSR count). The summed E-state index contributed by atoms with van der Waals surface area (Å²) in [6.07, 6.45) is 0. The number of amides is 1. The van der Waals surface area contributed by atoms with Gasteiger partial charge in [-0.15, -0.1) is 11.3 Å². The average Bonchev–Trinajstić information content (AvgIpc) is 3.14. The SMILES string of the molecule is CN(Cc1ccc(F)cc1)C(=O)c1sccc1S(=O)(=O)N1CCOCC1. The van der Waals surface area contributed by atoms with E-state index in [1.807, 2.05) is 0 Å². The normalized spacial score (nSPS) is 15.8. The molecule has 0 N–H and O–H groups in total. The van der Waals surface area contributed by atoms with Crippen molar-refractivity contribution in [1.29, 1.82) is 0 Å². The highest BCUT2D eigenvalue weighted by Crippen LogP contribution is 2.27. The minimum Gasteiger partial charge on any atom is -0.379 e. The molecule has 1 aliphatic rings. The van der Waals surface area contributed by atoms with Gasteiger partial charge in [0, 0.05) is 26.7 Å². The van der Waals surface area contributed by atoms with Crippen LogP contribution in [0.2, 0.25) is 0 Å². The van der Waals surface area contributed by atoms with Gasteiger partial charge in [-0.05, 0) is 29.1 Å². The zero-order valence-electron chi connectivity index (χ0n) is 14.2. The van der Waals surface area contributed by atoms with Gasteiger partial charge in [0.2, 0.25) is 10.0 Å². The van der Waals surface area contributed by atoms with Gasteiger partial charge in [-0.25, -0.2) is 12.8 Å². The third kappa shape index (κ3) is 3.96. The molecule has 1 amide bonds. The van der Waals surface area contributed by atoms with Gasteiger partial charge in [-0.2, -0.15) is 4.31 Å². The summed E-state index contributed by atoms with van der Waals surface area (Å²) in [6.45, 7) is 1.50. The molecule has 0 atom stereocenters. The Morgan fingerprint density at radius 3 is 2.54 bits per heavy atom. The van der Waals surface area contributed by atoms with Crippen LogP contribution in [0.25, 0.3) is 0 Å². The minimum atomic E-state index is -3.74. The molecule has 1 saturated heterocycles. The number of ether oxygens (including phenoxy) is 1. The Morgan fingerprint density at radius 1 is 1.23 bits per heavy atom. The van der Waals surface area contributed by atoms with E-state index in [4.69, 9.17) is 4.74 Å². The molecule has 1 aliphatic heterocycles. The number of morpholine rings is 1. The highest BCUT2D eigenvalue weighted by Gasteiger charge is 2.32. The second kappa shape index (κ2) is 7.83. The molecular weight excluding hydrogens is 379 g/mol. The molecule has 1 aromatic carbocycles. The summed E-state index contributed by atoms with van der Waals surface area (Å²) in [5, 5.41) is 1.60. The average molecular weight is 398 g/mol. The topological polar surface area (TPSA) is 66.9 Å². The van der Waals surface area contributed by atoms with Crippen LogP contribution in [0.5, 0.6) is 0 Å². The van der Waals surface area contributed by atoms with Crippen molar-refractivity contribution >= 4 is 27.3 Å². The number of thiophene rings is 1. The maximum Gasteiger partial charge on any atom is 0.265 e. The van der Waals surface area contributed by atoms with Crippen molar-refractivity contribution in [2.45, 2.75) is 11.4 Å². The third-order valence-corrected chi connectivity index (χ3v) is 7.06. The van der Waals surface area contributed by atoms with Crippen LogP contribution in [0.3, 0.4) is 0 Å². The molecule has 140 valence electrons. The Bertz CT molecular complexity index is 874. The quantitative estimate of drug-likeness (QED) is 0.774. The molecule has 0 aliphatic carbocycles. The zero-order valence-corrected chi connectivity index (χ0v) is 15.9. The standard InChI is InChI=1S/C17H19FN2O4S2/c1-19(12-13-2-4-14(18)5-3-13)17(21)16-15(6-11-25-16)26(22,23)20-7-9-24-10-8-20/h2-6,11H,7-10,12H2,1H3. The maximum absolute atomic E-state index is 13.0. The van der Waals surface area contributed by atoms with E-state index in [0.29, 0.717) is 13.2 Å². The fourth-order valence-electron chi connectivity index (χ4n) is 2.69. The molecular formula is C17H19FN2O4S2. The van der Waals surface area contributed by atoms with Crippen LogP contribution in [0.15, 0.2) is 40.6 Å².